The van der Waals surface area contributed by atoms with E-state index in [0.29, 0.717) is 5.02 Å². The number of para-hydroxylation sites is 2. The molecular formula is C78H51BClN3. The monoisotopic (exact) mass is 1080 g/mol. The van der Waals surface area contributed by atoms with Crippen LogP contribution >= 0.6 is 11.6 Å². The maximum absolute atomic E-state index is 7.36. The van der Waals surface area contributed by atoms with E-state index in [9.17, 15) is 0 Å². The molecule has 3 nitrogen and oxygen atoms in total. The Morgan fingerprint density at radius 2 is 0.614 bits per heavy atom. The predicted molar refractivity (Wildman–Crippen MR) is 352 cm³/mol. The first kappa shape index (κ1) is 48.5. The number of fused-ring (bicyclic) bond motifs is 7. The van der Waals surface area contributed by atoms with Crippen LogP contribution in [0.1, 0.15) is 0 Å². The van der Waals surface area contributed by atoms with E-state index >= 15 is 0 Å². The Morgan fingerprint density at radius 3 is 1.02 bits per heavy atom. The Hall–Kier alpha value is -10.4. The average molecular weight is 1080 g/mol. The van der Waals surface area contributed by atoms with Gasteiger partial charge in [-0.15, -0.1) is 0 Å². The maximum Gasteiger partial charge on any atom is 0.252 e. The third-order valence-corrected chi connectivity index (χ3v) is 17.2. The van der Waals surface area contributed by atoms with Crippen LogP contribution in [0.15, 0.2) is 309 Å². The van der Waals surface area contributed by atoms with Crippen LogP contribution in [0.25, 0.3) is 94.3 Å². The molecule has 3 heterocycles. The largest absolute Gasteiger partial charge is 0.310 e. The first-order valence-electron chi connectivity index (χ1n) is 28.5. The molecule has 0 unspecified atom stereocenters. The summed E-state index contributed by atoms with van der Waals surface area (Å²) >= 11 is 7.36. The molecule has 388 valence electrons. The molecule has 0 radical (unpaired) electrons. The van der Waals surface area contributed by atoms with Crippen molar-refractivity contribution >= 4 is 90.6 Å². The molecular weight excluding hydrogens is 1030 g/mol. The summed E-state index contributed by atoms with van der Waals surface area (Å²) in [6, 6.07) is 113. The summed E-state index contributed by atoms with van der Waals surface area (Å²) in [5.41, 5.74) is 27.1. The van der Waals surface area contributed by atoms with Gasteiger partial charge >= 0.3 is 0 Å². The number of halogens is 1. The Labute approximate surface area is 488 Å². The van der Waals surface area contributed by atoms with Crippen molar-refractivity contribution in [1.82, 2.24) is 4.57 Å². The molecule has 83 heavy (non-hydrogen) atoms. The number of hydrogen-bond donors (Lipinski definition) is 0. The Morgan fingerprint density at radius 1 is 0.265 bits per heavy atom. The second-order valence-corrected chi connectivity index (χ2v) is 22.1. The number of aromatic nitrogens is 1. The summed E-state index contributed by atoms with van der Waals surface area (Å²) < 4.78 is 2.45. The van der Waals surface area contributed by atoms with Gasteiger partial charge in [0.25, 0.3) is 6.71 Å². The number of nitrogens with zero attached hydrogens (tertiary/aromatic N) is 3. The van der Waals surface area contributed by atoms with E-state index in [1.54, 1.807) is 0 Å². The van der Waals surface area contributed by atoms with Crippen molar-refractivity contribution in [2.24, 2.45) is 0 Å². The van der Waals surface area contributed by atoms with Crippen molar-refractivity contribution in [3.8, 4) is 72.4 Å². The summed E-state index contributed by atoms with van der Waals surface area (Å²) in [6.45, 7) is -0.184. The summed E-state index contributed by atoms with van der Waals surface area (Å²) in [5.74, 6) is 0. The van der Waals surface area contributed by atoms with E-state index in [1.165, 1.54) is 27.2 Å². The van der Waals surface area contributed by atoms with Gasteiger partial charge in [0.05, 0.1) is 22.4 Å². The third-order valence-electron chi connectivity index (χ3n) is 17.0. The fourth-order valence-electron chi connectivity index (χ4n) is 13.4. The number of rotatable bonds is 9. The van der Waals surface area contributed by atoms with Crippen LogP contribution in [-0.4, -0.2) is 11.3 Å². The molecule has 14 aromatic rings. The van der Waals surface area contributed by atoms with Crippen molar-refractivity contribution in [1.29, 1.82) is 0 Å². The highest BCUT2D eigenvalue weighted by molar-refractivity contribution is 7.00. The molecule has 0 saturated carbocycles. The van der Waals surface area contributed by atoms with Crippen LogP contribution in [0.2, 0.25) is 5.02 Å². The molecule has 0 spiro atoms. The molecule has 0 aliphatic carbocycles. The minimum atomic E-state index is -0.184. The summed E-state index contributed by atoms with van der Waals surface area (Å²) in [4.78, 5) is 5.16. The number of hydrogen-bond acceptors (Lipinski definition) is 2. The minimum Gasteiger partial charge on any atom is -0.310 e. The van der Waals surface area contributed by atoms with E-state index in [0.717, 1.165) is 118 Å². The molecule has 0 atom stereocenters. The lowest BCUT2D eigenvalue weighted by Gasteiger charge is -2.45. The maximum atomic E-state index is 7.36. The molecule has 0 amide bonds. The van der Waals surface area contributed by atoms with Crippen molar-refractivity contribution in [3.63, 3.8) is 0 Å². The van der Waals surface area contributed by atoms with Crippen molar-refractivity contribution < 1.29 is 0 Å². The highest BCUT2D eigenvalue weighted by atomic mass is 35.5. The SMILES string of the molecule is Clc1ccc2c(c1)N(c1c(-c3ccccc3)cc(-c3ccccc3)cc1-c1ccccc1)c1cccc3c1B2c1ccc(-n2c4ccccc4c4ccccc42)cc1N3c1c(-c2ccccc2)cc(-c2ccccc2)cc1-c1ccccc1. The van der Waals surface area contributed by atoms with Gasteiger partial charge in [0.1, 0.15) is 0 Å². The van der Waals surface area contributed by atoms with Gasteiger partial charge in [-0.05, 0) is 134 Å². The van der Waals surface area contributed by atoms with Crippen LogP contribution in [0.4, 0.5) is 34.1 Å². The fourth-order valence-corrected chi connectivity index (χ4v) is 13.6. The lowest BCUT2D eigenvalue weighted by molar-refractivity contribution is 1.17. The van der Waals surface area contributed by atoms with E-state index in [1.807, 2.05) is 0 Å². The van der Waals surface area contributed by atoms with E-state index in [-0.39, 0.29) is 6.71 Å². The van der Waals surface area contributed by atoms with Crippen molar-refractivity contribution in [2.75, 3.05) is 9.80 Å². The Balaban J connectivity index is 1.05. The average Bonchev–Trinajstić information content (AvgIpc) is 2.31. The second kappa shape index (κ2) is 20.0. The third kappa shape index (κ3) is 8.05. The molecule has 13 aromatic carbocycles. The van der Waals surface area contributed by atoms with Gasteiger partial charge < -0.3 is 14.4 Å². The van der Waals surface area contributed by atoms with Gasteiger partial charge in [0.2, 0.25) is 0 Å². The van der Waals surface area contributed by atoms with Crippen LogP contribution in [0, 0.1) is 0 Å². The quantitative estimate of drug-likeness (QED) is 0.134. The molecule has 0 saturated heterocycles. The van der Waals surface area contributed by atoms with E-state index in [2.05, 4.69) is 324 Å². The van der Waals surface area contributed by atoms with Crippen LogP contribution in [-0.2, 0) is 0 Å². The van der Waals surface area contributed by atoms with Crippen molar-refractivity contribution in [2.45, 2.75) is 0 Å². The van der Waals surface area contributed by atoms with Crippen molar-refractivity contribution in [3.05, 3.63) is 314 Å². The smallest absolute Gasteiger partial charge is 0.252 e. The van der Waals surface area contributed by atoms with Crippen LogP contribution in [0.5, 0.6) is 0 Å². The molecule has 16 rings (SSSR count). The summed E-state index contributed by atoms with van der Waals surface area (Å²) in [5, 5.41) is 3.12. The van der Waals surface area contributed by atoms with Crippen LogP contribution in [0.3, 0.4) is 0 Å². The summed E-state index contributed by atoms with van der Waals surface area (Å²) in [6.07, 6.45) is 0. The fraction of sp³-hybridized carbons (Fsp3) is 0. The summed E-state index contributed by atoms with van der Waals surface area (Å²) in [7, 11) is 0. The van der Waals surface area contributed by atoms with Gasteiger partial charge in [-0.3, -0.25) is 0 Å². The predicted octanol–water partition coefficient (Wildman–Crippen LogP) is 19.5. The first-order valence-corrected chi connectivity index (χ1v) is 28.8. The standard InChI is InChI=1S/C78H51BClN3/c80-60-42-44-68-74(50-60)82(77-64(54-28-11-3-12-29-54)46-58(52-24-7-1-8-25-52)47-65(77)55-30-13-4-14-31-55)72-40-23-41-73-76(72)79(68)69-45-43-61(81-70-38-21-19-36-62(70)63-37-20-22-39-71(63)81)51-75(69)83(73)78-66(56-32-15-5-16-33-56)48-59(53-26-9-2-10-27-53)49-67(78)57-34-17-6-18-35-57/h1-51H. The lowest BCUT2D eigenvalue weighted by Crippen LogP contribution is -2.61. The molecule has 2 aliphatic heterocycles. The molecule has 0 bridgehead atoms. The minimum absolute atomic E-state index is 0.184. The molecule has 1 aromatic heterocycles. The molecule has 0 fully saturated rings. The van der Waals surface area contributed by atoms with E-state index < -0.39 is 0 Å². The normalized spacial score (nSPS) is 12.3. The topological polar surface area (TPSA) is 11.4 Å². The first-order chi connectivity index (χ1) is 41.1. The Bertz CT molecular complexity index is 4620. The zero-order chi connectivity index (χ0) is 55.0. The Kier molecular flexibility index (Phi) is 11.7. The van der Waals surface area contributed by atoms with Gasteiger partial charge in [0, 0.05) is 66.5 Å². The zero-order valence-electron chi connectivity index (χ0n) is 45.2. The highest BCUT2D eigenvalue weighted by Crippen LogP contribution is 2.54. The number of anilines is 6. The van der Waals surface area contributed by atoms with Gasteiger partial charge in [-0.25, -0.2) is 0 Å². The number of benzene rings is 13. The molecule has 5 heteroatoms. The van der Waals surface area contributed by atoms with Gasteiger partial charge in [0.15, 0.2) is 0 Å². The van der Waals surface area contributed by atoms with E-state index in [4.69, 9.17) is 11.6 Å². The second-order valence-electron chi connectivity index (χ2n) is 21.7. The lowest BCUT2D eigenvalue weighted by atomic mass is 9.33. The zero-order valence-corrected chi connectivity index (χ0v) is 46.0. The van der Waals surface area contributed by atoms with Crippen LogP contribution < -0.4 is 26.2 Å². The van der Waals surface area contributed by atoms with Gasteiger partial charge in [-0.2, -0.15) is 0 Å². The highest BCUT2D eigenvalue weighted by Gasteiger charge is 2.45. The molecule has 2 aliphatic rings. The molecule has 0 N–H and O–H groups in total. The van der Waals surface area contributed by atoms with Gasteiger partial charge in [-0.1, -0.05) is 248 Å².